The second kappa shape index (κ2) is 10.1. The zero-order valence-corrected chi connectivity index (χ0v) is 18.9. The van der Waals surface area contributed by atoms with E-state index < -0.39 is 23.8 Å². The first-order chi connectivity index (χ1) is 16.8. The largest absolute Gasteiger partial charge is 0.496 e. The summed E-state index contributed by atoms with van der Waals surface area (Å²) in [5, 5.41) is 5.11. The lowest BCUT2D eigenvalue weighted by atomic mass is 10.0. The molecule has 0 radical (unpaired) electrons. The maximum absolute atomic E-state index is 13.1. The summed E-state index contributed by atoms with van der Waals surface area (Å²) in [7, 11) is 1.61. The summed E-state index contributed by atoms with van der Waals surface area (Å²) in [5.74, 6) is 0.501. The molecule has 0 spiro atoms. The lowest BCUT2D eigenvalue weighted by Crippen LogP contribution is -2.53. The number of alkyl halides is 3. The van der Waals surface area contributed by atoms with Gasteiger partial charge in [-0.1, -0.05) is 30.3 Å². The number of amides is 3. The zero-order chi connectivity index (χ0) is 25.0. The molecule has 3 aromatic carbocycles. The fourth-order valence-electron chi connectivity index (χ4n) is 4.04. The molecule has 1 saturated heterocycles. The van der Waals surface area contributed by atoms with Crippen LogP contribution in [-0.2, 0) is 11.0 Å². The summed E-state index contributed by atoms with van der Waals surface area (Å²) in [4.78, 5) is 27.1. The molecule has 0 unspecified atom stereocenters. The van der Waals surface area contributed by atoms with E-state index in [-0.39, 0.29) is 11.6 Å². The highest BCUT2D eigenvalue weighted by Gasteiger charge is 2.32. The van der Waals surface area contributed by atoms with Crippen LogP contribution in [0, 0.1) is 0 Å². The molecule has 35 heavy (non-hydrogen) atoms. The summed E-state index contributed by atoms with van der Waals surface area (Å²) >= 11 is 0. The Balaban J connectivity index is 1.40. The Morgan fingerprint density at radius 3 is 2.34 bits per heavy atom. The number of carbonyl (C=O) groups is 2. The zero-order valence-electron chi connectivity index (χ0n) is 18.9. The topological polar surface area (TPSA) is 70.7 Å². The Labute approximate surface area is 200 Å². The highest BCUT2D eigenvalue weighted by atomic mass is 19.4. The second-order valence-corrected chi connectivity index (χ2v) is 8.11. The molecular weight excluding hydrogens is 459 g/mol. The average Bonchev–Trinajstić information content (AvgIpc) is 2.85. The number of hydrogen-bond acceptors (Lipinski definition) is 3. The van der Waals surface area contributed by atoms with Crippen LogP contribution in [0.4, 0.5) is 29.3 Å². The molecule has 1 fully saturated rings. The SMILES string of the molecule is COc1ccccc1-c1ccc(N2CCC[C@@H](NC(=O)Nc3ccc(C(F)(F)F)cc3)C2=O)cc1. The first-order valence-corrected chi connectivity index (χ1v) is 11.1. The highest BCUT2D eigenvalue weighted by Crippen LogP contribution is 2.32. The molecule has 3 amide bonds. The Morgan fingerprint density at radius 1 is 1.00 bits per heavy atom. The van der Waals surface area contributed by atoms with E-state index in [0.29, 0.717) is 25.1 Å². The van der Waals surface area contributed by atoms with Crippen molar-refractivity contribution >= 4 is 23.3 Å². The van der Waals surface area contributed by atoms with E-state index in [1.165, 1.54) is 12.1 Å². The molecule has 6 nitrogen and oxygen atoms in total. The fourth-order valence-corrected chi connectivity index (χ4v) is 4.04. The van der Waals surface area contributed by atoms with Gasteiger partial charge in [-0.25, -0.2) is 4.79 Å². The van der Waals surface area contributed by atoms with Gasteiger partial charge in [-0.2, -0.15) is 13.2 Å². The summed E-state index contributed by atoms with van der Waals surface area (Å²) < 4.78 is 43.5. The number of benzene rings is 3. The Morgan fingerprint density at radius 2 is 1.69 bits per heavy atom. The number of hydrogen-bond donors (Lipinski definition) is 2. The number of carbonyl (C=O) groups excluding carboxylic acids is 2. The number of nitrogens with zero attached hydrogens (tertiary/aromatic N) is 1. The smallest absolute Gasteiger partial charge is 0.416 e. The maximum atomic E-state index is 13.1. The van der Waals surface area contributed by atoms with Gasteiger partial charge < -0.3 is 20.3 Å². The predicted molar refractivity (Wildman–Crippen MR) is 127 cm³/mol. The lowest BCUT2D eigenvalue weighted by molar-refractivity contribution is -0.137. The van der Waals surface area contributed by atoms with Crippen molar-refractivity contribution in [2.45, 2.75) is 25.1 Å². The van der Waals surface area contributed by atoms with Crippen molar-refractivity contribution in [2.24, 2.45) is 0 Å². The van der Waals surface area contributed by atoms with Crippen LogP contribution in [0.2, 0.25) is 0 Å². The Hall–Kier alpha value is -4.01. The van der Waals surface area contributed by atoms with Gasteiger partial charge in [0.1, 0.15) is 11.8 Å². The molecule has 3 aromatic rings. The monoisotopic (exact) mass is 483 g/mol. The van der Waals surface area contributed by atoms with E-state index in [2.05, 4.69) is 10.6 Å². The van der Waals surface area contributed by atoms with Crippen molar-refractivity contribution in [3.63, 3.8) is 0 Å². The molecule has 1 aliphatic rings. The second-order valence-electron chi connectivity index (χ2n) is 8.11. The summed E-state index contributed by atoms with van der Waals surface area (Å²) in [6, 6.07) is 17.9. The van der Waals surface area contributed by atoms with Gasteiger partial charge in [-0.15, -0.1) is 0 Å². The normalized spacial score (nSPS) is 16.1. The van der Waals surface area contributed by atoms with Crippen LogP contribution >= 0.6 is 0 Å². The third kappa shape index (κ3) is 5.56. The molecule has 1 aliphatic heterocycles. The number of methoxy groups -OCH3 is 1. The standard InChI is InChI=1S/C26H24F3N3O3/c1-35-23-7-3-2-5-21(23)17-8-14-20(15-9-17)32-16-4-6-22(24(32)33)31-25(34)30-19-12-10-18(11-13-19)26(27,28)29/h2-3,5,7-15,22H,4,6,16H2,1H3,(H2,30,31,34)/t22-/m1/s1. The van der Waals surface area contributed by atoms with E-state index in [1.807, 2.05) is 48.5 Å². The van der Waals surface area contributed by atoms with Crippen molar-refractivity contribution in [3.05, 3.63) is 78.4 Å². The van der Waals surface area contributed by atoms with Crippen LogP contribution in [0.3, 0.4) is 0 Å². The number of nitrogens with one attached hydrogen (secondary N) is 2. The third-order valence-corrected chi connectivity index (χ3v) is 5.81. The summed E-state index contributed by atoms with van der Waals surface area (Å²) in [6.45, 7) is 0.519. The maximum Gasteiger partial charge on any atom is 0.416 e. The van der Waals surface area contributed by atoms with E-state index in [4.69, 9.17) is 4.74 Å². The molecule has 4 rings (SSSR count). The van der Waals surface area contributed by atoms with Crippen molar-refractivity contribution < 1.29 is 27.5 Å². The number of halogens is 3. The first kappa shape index (κ1) is 24.1. The molecule has 182 valence electrons. The summed E-state index contributed by atoms with van der Waals surface area (Å²) in [6.07, 6.45) is -3.30. The van der Waals surface area contributed by atoms with Crippen molar-refractivity contribution in [3.8, 4) is 16.9 Å². The van der Waals surface area contributed by atoms with Gasteiger partial charge in [0.15, 0.2) is 0 Å². The molecule has 1 heterocycles. The van der Waals surface area contributed by atoms with Crippen LogP contribution < -0.4 is 20.3 Å². The summed E-state index contributed by atoms with van der Waals surface area (Å²) in [5.41, 5.74) is 1.98. The van der Waals surface area contributed by atoms with Gasteiger partial charge in [0.25, 0.3) is 0 Å². The van der Waals surface area contributed by atoms with Crippen LogP contribution in [-0.4, -0.2) is 31.6 Å². The van der Waals surface area contributed by atoms with E-state index in [1.54, 1.807) is 12.0 Å². The Bertz CT molecular complexity index is 1190. The minimum Gasteiger partial charge on any atom is -0.496 e. The van der Waals surface area contributed by atoms with Crippen molar-refractivity contribution in [1.82, 2.24) is 5.32 Å². The quantitative estimate of drug-likeness (QED) is 0.489. The average molecular weight is 483 g/mol. The van der Waals surface area contributed by atoms with E-state index in [0.717, 1.165) is 29.0 Å². The van der Waals surface area contributed by atoms with E-state index in [9.17, 15) is 22.8 Å². The molecule has 0 saturated carbocycles. The number of anilines is 2. The number of piperidine rings is 1. The van der Waals surface area contributed by atoms with Gasteiger partial charge in [0.05, 0.1) is 12.7 Å². The number of rotatable bonds is 5. The van der Waals surface area contributed by atoms with Crippen molar-refractivity contribution in [1.29, 1.82) is 0 Å². The fraction of sp³-hybridized carbons (Fsp3) is 0.231. The van der Waals surface area contributed by atoms with Crippen LogP contribution in [0.1, 0.15) is 18.4 Å². The number of urea groups is 1. The highest BCUT2D eigenvalue weighted by molar-refractivity contribution is 6.01. The molecule has 0 aromatic heterocycles. The van der Waals surface area contributed by atoms with Gasteiger partial charge in [-0.3, -0.25) is 4.79 Å². The van der Waals surface area contributed by atoms with Crippen LogP contribution in [0.15, 0.2) is 72.8 Å². The van der Waals surface area contributed by atoms with E-state index >= 15 is 0 Å². The number of ether oxygens (including phenoxy) is 1. The van der Waals surface area contributed by atoms with Gasteiger partial charge in [0.2, 0.25) is 5.91 Å². The minimum atomic E-state index is -4.45. The molecule has 0 bridgehead atoms. The third-order valence-electron chi connectivity index (χ3n) is 5.81. The molecule has 0 aliphatic carbocycles. The predicted octanol–water partition coefficient (Wildman–Crippen LogP) is 5.70. The molecular formula is C26H24F3N3O3. The minimum absolute atomic E-state index is 0.197. The van der Waals surface area contributed by atoms with Crippen LogP contribution in [0.5, 0.6) is 5.75 Å². The molecule has 2 N–H and O–H groups in total. The van der Waals surface area contributed by atoms with Gasteiger partial charge >= 0.3 is 12.2 Å². The number of para-hydroxylation sites is 1. The first-order valence-electron chi connectivity index (χ1n) is 11.1. The lowest BCUT2D eigenvalue weighted by Gasteiger charge is -2.32. The molecule has 9 heteroatoms. The van der Waals surface area contributed by atoms with Gasteiger partial charge in [-0.05, 0) is 60.9 Å². The Kier molecular flexibility index (Phi) is 6.95. The van der Waals surface area contributed by atoms with Crippen molar-refractivity contribution in [2.75, 3.05) is 23.9 Å². The van der Waals surface area contributed by atoms with Gasteiger partial charge in [0, 0.05) is 23.5 Å². The molecule has 1 atom stereocenters. The van der Waals surface area contributed by atoms with Crippen LogP contribution in [0.25, 0.3) is 11.1 Å².